The molecule has 1 amide bonds. The van der Waals surface area contributed by atoms with Crippen LogP contribution >= 0.6 is 0 Å². The van der Waals surface area contributed by atoms with Gasteiger partial charge in [0.15, 0.2) is 5.69 Å². The lowest BCUT2D eigenvalue weighted by molar-refractivity contribution is 0.0911. The third-order valence-electron chi connectivity index (χ3n) is 4.17. The summed E-state index contributed by atoms with van der Waals surface area (Å²) in [6.07, 6.45) is 5.70. The number of fused-ring (bicyclic) bond motifs is 1. The second kappa shape index (κ2) is 4.72. The molecule has 1 fully saturated rings. The molecule has 2 unspecified atom stereocenters. The van der Waals surface area contributed by atoms with Crippen molar-refractivity contribution in [2.75, 3.05) is 6.54 Å². The van der Waals surface area contributed by atoms with Gasteiger partial charge in [-0.1, -0.05) is 6.42 Å². The quantitative estimate of drug-likeness (QED) is 0.741. The summed E-state index contributed by atoms with van der Waals surface area (Å²) in [5.74, 6) is 0.106. The lowest BCUT2D eigenvalue weighted by atomic mass is 10.1. The third-order valence-corrected chi connectivity index (χ3v) is 4.17. The van der Waals surface area contributed by atoms with Gasteiger partial charge in [-0.05, 0) is 32.1 Å². The van der Waals surface area contributed by atoms with Gasteiger partial charge in [0.05, 0.1) is 6.10 Å². The van der Waals surface area contributed by atoms with Gasteiger partial charge in [-0.25, -0.2) is 0 Å². The summed E-state index contributed by atoms with van der Waals surface area (Å²) in [4.78, 5) is 12.1. The van der Waals surface area contributed by atoms with Crippen LogP contribution in [0.1, 0.15) is 47.4 Å². The standard InChI is InChI=1S/C13H19N3O2/c17-11-6-1-3-8(11)7-14-13(18)12-9-4-2-5-10(9)15-16-12/h8,11,17H,1-7H2,(H,14,18)(H,15,16). The molecule has 18 heavy (non-hydrogen) atoms. The molecule has 3 N–H and O–H groups in total. The van der Waals surface area contributed by atoms with E-state index >= 15 is 0 Å². The molecule has 0 aliphatic heterocycles. The van der Waals surface area contributed by atoms with Crippen LogP contribution in [-0.2, 0) is 12.8 Å². The number of aryl methyl sites for hydroxylation is 1. The van der Waals surface area contributed by atoms with E-state index in [9.17, 15) is 9.90 Å². The van der Waals surface area contributed by atoms with Gasteiger partial charge in [0, 0.05) is 23.7 Å². The highest BCUT2D eigenvalue weighted by Crippen LogP contribution is 2.25. The largest absolute Gasteiger partial charge is 0.393 e. The summed E-state index contributed by atoms with van der Waals surface area (Å²) < 4.78 is 0. The zero-order valence-electron chi connectivity index (χ0n) is 10.4. The van der Waals surface area contributed by atoms with Crippen molar-refractivity contribution in [1.82, 2.24) is 15.5 Å². The molecule has 0 saturated heterocycles. The Morgan fingerprint density at radius 1 is 1.39 bits per heavy atom. The van der Waals surface area contributed by atoms with Gasteiger partial charge in [0.2, 0.25) is 0 Å². The maximum absolute atomic E-state index is 12.1. The maximum Gasteiger partial charge on any atom is 0.272 e. The number of hydrogen-bond acceptors (Lipinski definition) is 3. The highest BCUT2D eigenvalue weighted by molar-refractivity contribution is 5.94. The Morgan fingerprint density at radius 3 is 3.06 bits per heavy atom. The average Bonchev–Trinajstić information content (AvgIpc) is 3.01. The van der Waals surface area contributed by atoms with E-state index in [4.69, 9.17) is 0 Å². The first-order valence-electron chi connectivity index (χ1n) is 6.78. The van der Waals surface area contributed by atoms with Crippen molar-refractivity contribution in [3.8, 4) is 0 Å². The molecule has 0 aromatic carbocycles. The Hall–Kier alpha value is -1.36. The van der Waals surface area contributed by atoms with Crippen molar-refractivity contribution >= 4 is 5.91 Å². The number of amides is 1. The van der Waals surface area contributed by atoms with Crippen LogP contribution in [0.4, 0.5) is 0 Å². The Balaban J connectivity index is 1.61. The number of rotatable bonds is 3. The molecule has 1 aromatic rings. The van der Waals surface area contributed by atoms with E-state index in [1.165, 1.54) is 0 Å². The number of carbonyl (C=O) groups excluding carboxylic acids is 1. The summed E-state index contributed by atoms with van der Waals surface area (Å²) in [6, 6.07) is 0. The number of nitrogens with zero attached hydrogens (tertiary/aromatic N) is 1. The SMILES string of the molecule is O=C(NCC1CCCC1O)c1n[nH]c2c1CCC2. The molecule has 2 aliphatic rings. The minimum Gasteiger partial charge on any atom is -0.393 e. The van der Waals surface area contributed by atoms with E-state index in [-0.39, 0.29) is 17.9 Å². The number of aromatic nitrogens is 2. The van der Waals surface area contributed by atoms with Gasteiger partial charge in [-0.2, -0.15) is 5.10 Å². The lowest BCUT2D eigenvalue weighted by Crippen LogP contribution is -2.33. The van der Waals surface area contributed by atoms with E-state index in [0.29, 0.717) is 12.2 Å². The van der Waals surface area contributed by atoms with Crippen LogP contribution in [0.25, 0.3) is 0 Å². The molecule has 5 nitrogen and oxygen atoms in total. The van der Waals surface area contributed by atoms with Crippen LogP contribution in [0.5, 0.6) is 0 Å². The number of nitrogens with one attached hydrogen (secondary N) is 2. The molecule has 1 aromatic heterocycles. The molecule has 98 valence electrons. The average molecular weight is 249 g/mol. The Labute approximate surface area is 106 Å². The summed E-state index contributed by atoms with van der Waals surface area (Å²) in [6.45, 7) is 0.557. The third kappa shape index (κ3) is 2.03. The smallest absolute Gasteiger partial charge is 0.272 e. The summed E-state index contributed by atoms with van der Waals surface area (Å²) in [5, 5.41) is 19.7. The van der Waals surface area contributed by atoms with Crippen molar-refractivity contribution < 1.29 is 9.90 Å². The predicted molar refractivity (Wildman–Crippen MR) is 66.3 cm³/mol. The summed E-state index contributed by atoms with van der Waals surface area (Å²) in [5.41, 5.74) is 2.75. The summed E-state index contributed by atoms with van der Waals surface area (Å²) in [7, 11) is 0. The normalized spacial score (nSPS) is 26.3. The number of carbonyl (C=O) groups is 1. The minimum absolute atomic E-state index is 0.103. The van der Waals surface area contributed by atoms with Crippen LogP contribution in [0, 0.1) is 5.92 Å². The predicted octanol–water partition coefficient (Wildman–Crippen LogP) is 0.789. The highest BCUT2D eigenvalue weighted by Gasteiger charge is 2.27. The molecular formula is C13H19N3O2. The van der Waals surface area contributed by atoms with E-state index in [2.05, 4.69) is 15.5 Å². The van der Waals surface area contributed by atoms with Crippen molar-refractivity contribution in [3.63, 3.8) is 0 Å². The van der Waals surface area contributed by atoms with Gasteiger partial charge < -0.3 is 10.4 Å². The number of aromatic amines is 1. The molecule has 1 saturated carbocycles. The Morgan fingerprint density at radius 2 is 2.28 bits per heavy atom. The van der Waals surface area contributed by atoms with Gasteiger partial charge >= 0.3 is 0 Å². The molecule has 0 bridgehead atoms. The zero-order valence-corrected chi connectivity index (χ0v) is 10.4. The molecule has 0 spiro atoms. The maximum atomic E-state index is 12.1. The van der Waals surface area contributed by atoms with E-state index in [1.807, 2.05) is 0 Å². The fourth-order valence-corrected chi connectivity index (χ4v) is 3.07. The van der Waals surface area contributed by atoms with Gasteiger partial charge in [0.1, 0.15) is 0 Å². The number of aliphatic hydroxyl groups excluding tert-OH is 1. The van der Waals surface area contributed by atoms with Crippen molar-refractivity contribution in [1.29, 1.82) is 0 Å². The van der Waals surface area contributed by atoms with Crippen LogP contribution in [0.3, 0.4) is 0 Å². The second-order valence-electron chi connectivity index (χ2n) is 5.35. The van der Waals surface area contributed by atoms with Crippen LogP contribution in [0.2, 0.25) is 0 Å². The molecular weight excluding hydrogens is 230 g/mol. The van der Waals surface area contributed by atoms with E-state index in [0.717, 1.165) is 49.8 Å². The van der Waals surface area contributed by atoms with E-state index < -0.39 is 0 Å². The zero-order chi connectivity index (χ0) is 12.5. The lowest BCUT2D eigenvalue weighted by Gasteiger charge is -2.14. The van der Waals surface area contributed by atoms with Crippen molar-refractivity contribution in [2.45, 2.75) is 44.6 Å². The van der Waals surface area contributed by atoms with E-state index in [1.54, 1.807) is 0 Å². The second-order valence-corrected chi connectivity index (χ2v) is 5.35. The molecule has 1 heterocycles. The van der Waals surface area contributed by atoms with Crippen molar-refractivity contribution in [2.24, 2.45) is 5.92 Å². The molecule has 5 heteroatoms. The molecule has 0 radical (unpaired) electrons. The molecule has 2 atom stereocenters. The highest BCUT2D eigenvalue weighted by atomic mass is 16.3. The fraction of sp³-hybridized carbons (Fsp3) is 0.692. The molecule has 3 rings (SSSR count). The van der Waals surface area contributed by atoms with Crippen LogP contribution in [0.15, 0.2) is 0 Å². The van der Waals surface area contributed by atoms with Gasteiger partial charge in [0.25, 0.3) is 5.91 Å². The Bertz CT molecular complexity index is 455. The number of H-pyrrole nitrogens is 1. The van der Waals surface area contributed by atoms with Crippen molar-refractivity contribution in [3.05, 3.63) is 17.0 Å². The number of aliphatic hydroxyl groups is 1. The topological polar surface area (TPSA) is 78.0 Å². The van der Waals surface area contributed by atoms with Crippen LogP contribution in [-0.4, -0.2) is 33.9 Å². The first-order chi connectivity index (χ1) is 8.75. The van der Waals surface area contributed by atoms with Crippen LogP contribution < -0.4 is 5.32 Å². The first-order valence-corrected chi connectivity index (χ1v) is 6.78. The number of hydrogen-bond donors (Lipinski definition) is 3. The molecule has 2 aliphatic carbocycles. The monoisotopic (exact) mass is 249 g/mol. The summed E-state index contributed by atoms with van der Waals surface area (Å²) >= 11 is 0. The first kappa shape index (κ1) is 11.7. The fourth-order valence-electron chi connectivity index (χ4n) is 3.07. The minimum atomic E-state index is -0.254. The van der Waals surface area contributed by atoms with Gasteiger partial charge in [-0.3, -0.25) is 9.89 Å². The Kier molecular flexibility index (Phi) is 3.07. The van der Waals surface area contributed by atoms with Gasteiger partial charge in [-0.15, -0.1) is 0 Å².